The van der Waals surface area contributed by atoms with E-state index in [1.165, 1.54) is 0 Å². The van der Waals surface area contributed by atoms with Crippen molar-refractivity contribution < 1.29 is 9.80 Å². The highest BCUT2D eigenvalue weighted by atomic mass is 35.5. The van der Waals surface area contributed by atoms with Crippen molar-refractivity contribution >= 4 is 52.1 Å². The first kappa shape index (κ1) is 23.9. The number of carbonyl (C=O) groups excluding carboxylic acids is 1. The van der Waals surface area contributed by atoms with Gasteiger partial charge in [0.1, 0.15) is 5.71 Å². The summed E-state index contributed by atoms with van der Waals surface area (Å²) in [6, 6.07) is 12.7. The Bertz CT molecular complexity index is 933. The maximum absolute atomic E-state index is 13.0. The minimum absolute atomic E-state index is 0.153. The van der Waals surface area contributed by atoms with Gasteiger partial charge in [-0.2, -0.15) is 10.5 Å². The normalized spacial score (nSPS) is 16.9. The second-order valence-corrected chi connectivity index (χ2v) is 8.91. The molecular formula is C23H28Cl3N4O+. The molecule has 5 nitrogen and oxygen atoms in total. The standard InChI is InChI=1S/C23H27Cl3N4O/c1-3-5-6-13-29(4-2)28-23(31)20-15-22(16-7-9-17(24)10-8-16)30(27-20)21-12-11-18(25)14-19(21)26/h7-12,14,22H,3-6,13,15H2,1-2H3,(H,28,31)/p+1. The molecule has 1 heterocycles. The Labute approximate surface area is 198 Å². The Morgan fingerprint density at radius 2 is 1.81 bits per heavy atom. The largest absolute Gasteiger partial charge is 0.312 e. The molecule has 3 rings (SSSR count). The first-order valence-electron chi connectivity index (χ1n) is 10.7. The van der Waals surface area contributed by atoms with Crippen LogP contribution >= 0.6 is 34.8 Å². The van der Waals surface area contributed by atoms with E-state index >= 15 is 0 Å². The Hall–Kier alpha value is -1.79. The molecular weight excluding hydrogens is 455 g/mol. The Morgan fingerprint density at radius 3 is 2.45 bits per heavy atom. The van der Waals surface area contributed by atoms with Gasteiger partial charge in [0.15, 0.2) is 0 Å². The molecule has 2 aromatic rings. The molecule has 0 aromatic heterocycles. The van der Waals surface area contributed by atoms with Crippen molar-refractivity contribution in [3.8, 4) is 0 Å². The number of quaternary nitrogens is 1. The van der Waals surface area contributed by atoms with E-state index in [9.17, 15) is 4.79 Å². The lowest BCUT2D eigenvalue weighted by atomic mass is 10.0. The van der Waals surface area contributed by atoms with Crippen molar-refractivity contribution in [1.82, 2.24) is 5.43 Å². The van der Waals surface area contributed by atoms with E-state index in [0.29, 0.717) is 32.9 Å². The minimum atomic E-state index is -0.165. The zero-order valence-electron chi connectivity index (χ0n) is 17.8. The smallest absolute Gasteiger partial charge is 0.263 e. The average Bonchev–Trinajstić information content (AvgIpc) is 3.19. The van der Waals surface area contributed by atoms with Crippen LogP contribution in [0.3, 0.4) is 0 Å². The van der Waals surface area contributed by atoms with E-state index < -0.39 is 0 Å². The summed E-state index contributed by atoms with van der Waals surface area (Å²) in [6.07, 6.45) is 3.85. The van der Waals surface area contributed by atoms with Crippen molar-refractivity contribution in [2.45, 2.75) is 45.6 Å². The van der Waals surface area contributed by atoms with E-state index in [1.54, 1.807) is 17.1 Å². The van der Waals surface area contributed by atoms with Crippen LogP contribution in [0.15, 0.2) is 47.6 Å². The first-order chi connectivity index (χ1) is 14.9. The maximum atomic E-state index is 13.0. The van der Waals surface area contributed by atoms with Gasteiger partial charge in [0, 0.05) is 16.5 Å². The van der Waals surface area contributed by atoms with E-state index in [4.69, 9.17) is 34.8 Å². The molecule has 2 N–H and O–H groups in total. The molecule has 0 fully saturated rings. The van der Waals surface area contributed by atoms with Gasteiger partial charge < -0.3 is 0 Å². The third-order valence-corrected chi connectivity index (χ3v) is 6.17. The summed E-state index contributed by atoms with van der Waals surface area (Å²) in [6.45, 7) is 5.95. The van der Waals surface area contributed by atoms with Crippen molar-refractivity contribution in [3.05, 3.63) is 63.1 Å². The highest BCUT2D eigenvalue weighted by Gasteiger charge is 2.34. The molecule has 2 atom stereocenters. The second-order valence-electron chi connectivity index (χ2n) is 7.63. The van der Waals surface area contributed by atoms with Gasteiger partial charge >= 0.3 is 5.91 Å². The van der Waals surface area contributed by atoms with Crippen LogP contribution < -0.4 is 15.4 Å². The maximum Gasteiger partial charge on any atom is 0.312 e. The quantitative estimate of drug-likeness (QED) is 0.387. The predicted molar refractivity (Wildman–Crippen MR) is 129 cm³/mol. The van der Waals surface area contributed by atoms with Crippen molar-refractivity contribution in [2.24, 2.45) is 5.10 Å². The Balaban J connectivity index is 1.85. The molecule has 1 aliphatic rings. The molecule has 1 amide bonds. The fraction of sp³-hybridized carbons (Fsp3) is 0.391. The third kappa shape index (κ3) is 6.13. The van der Waals surface area contributed by atoms with Crippen LogP contribution in [-0.2, 0) is 4.79 Å². The summed E-state index contributed by atoms with van der Waals surface area (Å²) in [5, 5.41) is 9.22. The molecule has 0 spiro atoms. The lowest BCUT2D eigenvalue weighted by Gasteiger charge is -2.25. The third-order valence-electron chi connectivity index (χ3n) is 5.38. The minimum Gasteiger partial charge on any atom is -0.263 e. The van der Waals surface area contributed by atoms with Crippen LogP contribution in [0.25, 0.3) is 0 Å². The fourth-order valence-corrected chi connectivity index (χ4v) is 4.25. The number of hydrazone groups is 1. The molecule has 0 saturated heterocycles. The molecule has 0 radical (unpaired) electrons. The highest BCUT2D eigenvalue weighted by molar-refractivity contribution is 6.40. The number of nitrogens with one attached hydrogen (secondary N) is 2. The van der Waals surface area contributed by atoms with Gasteiger partial charge in [0.05, 0.1) is 29.8 Å². The molecule has 1 aliphatic heterocycles. The summed E-state index contributed by atoms with van der Waals surface area (Å²) in [4.78, 5) is 13.0. The second kappa shape index (κ2) is 11.2. The van der Waals surface area contributed by atoms with Gasteiger partial charge in [-0.1, -0.05) is 60.3 Å². The predicted octanol–water partition coefficient (Wildman–Crippen LogP) is 5.08. The fourth-order valence-electron chi connectivity index (χ4n) is 3.63. The number of carbonyl (C=O) groups is 1. The number of nitrogens with zero attached hydrogens (tertiary/aromatic N) is 2. The highest BCUT2D eigenvalue weighted by Crippen LogP contribution is 2.39. The molecule has 2 aromatic carbocycles. The van der Waals surface area contributed by atoms with Crippen LogP contribution in [0.4, 0.5) is 5.69 Å². The van der Waals surface area contributed by atoms with Crippen LogP contribution in [0.1, 0.15) is 51.1 Å². The zero-order valence-corrected chi connectivity index (χ0v) is 20.1. The van der Waals surface area contributed by atoms with Gasteiger partial charge in [-0.15, -0.1) is 0 Å². The molecule has 31 heavy (non-hydrogen) atoms. The number of rotatable bonds is 9. The van der Waals surface area contributed by atoms with Gasteiger partial charge in [-0.25, -0.2) is 5.01 Å². The first-order valence-corrected chi connectivity index (χ1v) is 11.8. The number of amides is 1. The topological polar surface area (TPSA) is 49.1 Å². The van der Waals surface area contributed by atoms with E-state index in [1.807, 2.05) is 30.3 Å². The van der Waals surface area contributed by atoms with Crippen LogP contribution in [0, 0.1) is 0 Å². The van der Waals surface area contributed by atoms with Gasteiger partial charge in [-0.05, 0) is 55.7 Å². The summed E-state index contributed by atoms with van der Waals surface area (Å²) in [5.41, 5.74) is 5.28. The van der Waals surface area contributed by atoms with Gasteiger partial charge in [-0.3, -0.25) is 9.80 Å². The van der Waals surface area contributed by atoms with Crippen molar-refractivity contribution in [1.29, 1.82) is 0 Å². The molecule has 0 bridgehead atoms. The van der Waals surface area contributed by atoms with Gasteiger partial charge in [0.25, 0.3) is 0 Å². The monoisotopic (exact) mass is 481 g/mol. The Kier molecular flexibility index (Phi) is 8.61. The van der Waals surface area contributed by atoms with Crippen molar-refractivity contribution in [3.63, 3.8) is 0 Å². The van der Waals surface area contributed by atoms with Crippen molar-refractivity contribution in [2.75, 3.05) is 18.1 Å². The number of anilines is 1. The molecule has 0 saturated carbocycles. The number of benzene rings is 2. The van der Waals surface area contributed by atoms with E-state index in [2.05, 4.69) is 24.4 Å². The summed E-state index contributed by atoms with van der Waals surface area (Å²) in [5.74, 6) is -0.153. The number of hydrogen-bond donors (Lipinski definition) is 2. The molecule has 8 heteroatoms. The molecule has 166 valence electrons. The zero-order chi connectivity index (χ0) is 22.4. The van der Waals surface area contributed by atoms with Crippen LogP contribution in [0.5, 0.6) is 0 Å². The lowest BCUT2D eigenvalue weighted by molar-refractivity contribution is -0.934. The summed E-state index contributed by atoms with van der Waals surface area (Å²) >= 11 is 18.6. The van der Waals surface area contributed by atoms with E-state index in [0.717, 1.165) is 42.9 Å². The number of halogens is 3. The summed E-state index contributed by atoms with van der Waals surface area (Å²) in [7, 11) is 0. The average molecular weight is 483 g/mol. The number of unbranched alkanes of at least 4 members (excludes halogenated alkanes) is 2. The van der Waals surface area contributed by atoms with Gasteiger partial charge in [0.2, 0.25) is 0 Å². The summed E-state index contributed by atoms with van der Waals surface area (Å²) < 4.78 is 0. The van der Waals surface area contributed by atoms with Crippen LogP contribution in [0.2, 0.25) is 15.1 Å². The lowest BCUT2D eigenvalue weighted by Crippen LogP contribution is -3.19. The molecule has 2 unspecified atom stereocenters. The molecule has 0 aliphatic carbocycles. The number of hydrogen-bond acceptors (Lipinski definition) is 3. The van der Waals surface area contributed by atoms with Crippen LogP contribution in [-0.4, -0.2) is 24.7 Å². The van der Waals surface area contributed by atoms with E-state index in [-0.39, 0.29) is 11.9 Å². The Morgan fingerprint density at radius 1 is 1.10 bits per heavy atom. The SMILES string of the molecule is CCCCC[NH+](CC)NC(=O)C1=NN(c2ccc(Cl)cc2Cl)C(c2ccc(Cl)cc2)C1.